The van der Waals surface area contributed by atoms with Crippen LogP contribution in [-0.4, -0.2) is 17.6 Å². The summed E-state index contributed by atoms with van der Waals surface area (Å²) < 4.78 is 11.3. The van der Waals surface area contributed by atoms with Gasteiger partial charge in [0.15, 0.2) is 0 Å². The Kier molecular flexibility index (Phi) is 2.77. The number of aromatic amines is 1. The average Bonchev–Trinajstić information content (AvgIpc) is 2.93. The molecule has 0 fully saturated rings. The summed E-state index contributed by atoms with van der Waals surface area (Å²) in [5, 5.41) is 2.01. The van der Waals surface area contributed by atoms with Crippen molar-refractivity contribution in [2.24, 2.45) is 0 Å². The van der Waals surface area contributed by atoms with Crippen LogP contribution in [0.5, 0.6) is 0 Å². The summed E-state index contributed by atoms with van der Waals surface area (Å²) in [7, 11) is 0. The lowest BCUT2D eigenvalue weighted by Gasteiger charge is -1.98. The molecule has 0 radical (unpaired) electrons. The third-order valence-electron chi connectivity index (χ3n) is 2.81. The van der Waals surface area contributed by atoms with E-state index >= 15 is 0 Å². The lowest BCUT2D eigenvalue weighted by Crippen LogP contribution is -2.06. The monoisotopic (exact) mass is 355 g/mol. The number of fused-ring (bicyclic) bond motifs is 3. The van der Waals surface area contributed by atoms with Gasteiger partial charge in [-0.3, -0.25) is 0 Å². The third-order valence-corrected chi connectivity index (χ3v) is 3.89. The molecular formula is C13H10INO3. The molecule has 0 atom stereocenters. The topological polar surface area (TPSA) is 55.2 Å². The van der Waals surface area contributed by atoms with Crippen LogP contribution in [0.1, 0.15) is 17.4 Å². The normalized spacial score (nSPS) is 11.2. The van der Waals surface area contributed by atoms with Crippen LogP contribution in [0, 0.1) is 3.57 Å². The smallest absolute Gasteiger partial charge is 0.355 e. The molecule has 5 heteroatoms. The van der Waals surface area contributed by atoms with Gasteiger partial charge in [-0.1, -0.05) is 0 Å². The fourth-order valence-electron chi connectivity index (χ4n) is 2.04. The Labute approximate surface area is 116 Å². The molecule has 18 heavy (non-hydrogen) atoms. The molecule has 0 spiro atoms. The van der Waals surface area contributed by atoms with Gasteiger partial charge < -0.3 is 14.1 Å². The van der Waals surface area contributed by atoms with Gasteiger partial charge >= 0.3 is 5.97 Å². The molecule has 0 unspecified atom stereocenters. The molecule has 0 saturated heterocycles. The summed E-state index contributed by atoms with van der Waals surface area (Å²) >= 11 is 2.16. The van der Waals surface area contributed by atoms with Gasteiger partial charge in [-0.2, -0.15) is 0 Å². The van der Waals surface area contributed by atoms with Crippen LogP contribution in [0.25, 0.3) is 21.9 Å². The summed E-state index contributed by atoms with van der Waals surface area (Å²) in [6.07, 6.45) is 1.65. The lowest BCUT2D eigenvalue weighted by molar-refractivity contribution is 0.0519. The highest BCUT2D eigenvalue weighted by Gasteiger charge is 2.19. The predicted molar refractivity (Wildman–Crippen MR) is 76.7 cm³/mol. The number of ether oxygens (including phenoxy) is 1. The summed E-state index contributed by atoms with van der Waals surface area (Å²) in [5.74, 6) is -0.324. The van der Waals surface area contributed by atoms with E-state index in [0.717, 1.165) is 25.4 Å². The Morgan fingerprint density at radius 2 is 2.28 bits per heavy atom. The Bertz CT molecular complexity index is 741. The van der Waals surface area contributed by atoms with Crippen molar-refractivity contribution in [2.45, 2.75) is 6.92 Å². The largest absolute Gasteiger partial charge is 0.464 e. The van der Waals surface area contributed by atoms with Crippen molar-refractivity contribution >= 4 is 50.4 Å². The minimum absolute atomic E-state index is 0.324. The zero-order valence-electron chi connectivity index (χ0n) is 9.62. The average molecular weight is 355 g/mol. The number of hydrogen-bond donors (Lipinski definition) is 1. The standard InChI is InChI=1S/C13H10INO3/c1-2-17-13(16)12-11(14)10-7-5-6-18-9(7)4-3-8(10)15-12/h3-6,15H,2H2,1H3. The number of halogens is 1. The summed E-state index contributed by atoms with van der Waals surface area (Å²) in [5.41, 5.74) is 2.23. The molecule has 0 aliphatic carbocycles. The minimum Gasteiger partial charge on any atom is -0.464 e. The second kappa shape index (κ2) is 4.31. The van der Waals surface area contributed by atoms with E-state index in [4.69, 9.17) is 9.15 Å². The highest BCUT2D eigenvalue weighted by molar-refractivity contribution is 14.1. The molecule has 2 aromatic heterocycles. The summed E-state index contributed by atoms with van der Waals surface area (Å²) in [4.78, 5) is 14.9. The van der Waals surface area contributed by atoms with Gasteiger partial charge in [-0.15, -0.1) is 0 Å². The Morgan fingerprint density at radius 3 is 3.06 bits per heavy atom. The zero-order chi connectivity index (χ0) is 12.7. The van der Waals surface area contributed by atoms with Crippen LogP contribution in [0.15, 0.2) is 28.9 Å². The maximum Gasteiger partial charge on any atom is 0.355 e. The van der Waals surface area contributed by atoms with E-state index in [2.05, 4.69) is 27.6 Å². The zero-order valence-corrected chi connectivity index (χ0v) is 11.8. The number of aromatic nitrogens is 1. The Hall–Kier alpha value is -1.50. The highest BCUT2D eigenvalue weighted by atomic mass is 127. The first-order valence-corrected chi connectivity index (χ1v) is 6.64. The van der Waals surface area contributed by atoms with Crippen LogP contribution >= 0.6 is 22.6 Å². The number of rotatable bonds is 2. The fourth-order valence-corrected chi connectivity index (χ4v) is 2.98. The van der Waals surface area contributed by atoms with Crippen molar-refractivity contribution in [3.05, 3.63) is 33.7 Å². The molecule has 0 aliphatic rings. The quantitative estimate of drug-likeness (QED) is 0.564. The van der Waals surface area contributed by atoms with E-state index < -0.39 is 0 Å². The van der Waals surface area contributed by atoms with E-state index in [-0.39, 0.29) is 5.97 Å². The lowest BCUT2D eigenvalue weighted by atomic mass is 10.2. The van der Waals surface area contributed by atoms with Crippen molar-refractivity contribution in [3.63, 3.8) is 0 Å². The molecule has 4 nitrogen and oxygen atoms in total. The number of hydrogen-bond acceptors (Lipinski definition) is 3. The number of H-pyrrole nitrogens is 1. The van der Waals surface area contributed by atoms with Gasteiger partial charge in [-0.05, 0) is 47.7 Å². The molecule has 3 rings (SSSR count). The summed E-state index contributed by atoms with van der Waals surface area (Å²) in [6.45, 7) is 2.16. The first-order chi connectivity index (χ1) is 8.72. The second-order valence-corrected chi connectivity index (χ2v) is 4.93. The van der Waals surface area contributed by atoms with Gasteiger partial charge in [0.1, 0.15) is 11.3 Å². The molecule has 0 aliphatic heterocycles. The maximum atomic E-state index is 11.8. The first kappa shape index (κ1) is 11.6. The molecule has 0 saturated carbocycles. The molecule has 2 heterocycles. The number of nitrogens with one attached hydrogen (secondary N) is 1. The van der Waals surface area contributed by atoms with Gasteiger partial charge in [0, 0.05) is 16.3 Å². The van der Waals surface area contributed by atoms with Crippen LogP contribution in [-0.2, 0) is 4.74 Å². The van der Waals surface area contributed by atoms with Crippen molar-refractivity contribution in [2.75, 3.05) is 6.61 Å². The van der Waals surface area contributed by atoms with Crippen molar-refractivity contribution in [1.82, 2.24) is 4.98 Å². The SMILES string of the molecule is CCOC(=O)c1[nH]c2ccc3occc3c2c1I. The second-order valence-electron chi connectivity index (χ2n) is 3.85. The number of carbonyl (C=O) groups excluding carboxylic acids is 1. The Balaban J connectivity index is 2.30. The molecule has 92 valence electrons. The van der Waals surface area contributed by atoms with Crippen LogP contribution < -0.4 is 0 Å². The van der Waals surface area contributed by atoms with E-state index in [1.165, 1.54) is 0 Å². The fraction of sp³-hybridized carbons (Fsp3) is 0.154. The van der Waals surface area contributed by atoms with Crippen LogP contribution in [0.2, 0.25) is 0 Å². The summed E-state index contributed by atoms with van der Waals surface area (Å²) in [6, 6.07) is 5.70. The molecule has 0 bridgehead atoms. The predicted octanol–water partition coefficient (Wildman–Crippen LogP) is 3.70. The van der Waals surface area contributed by atoms with Gasteiger partial charge in [0.25, 0.3) is 0 Å². The van der Waals surface area contributed by atoms with Crippen molar-refractivity contribution in [3.8, 4) is 0 Å². The van der Waals surface area contributed by atoms with Gasteiger partial charge in [-0.25, -0.2) is 4.79 Å². The van der Waals surface area contributed by atoms with Gasteiger partial charge in [0.2, 0.25) is 0 Å². The minimum atomic E-state index is -0.324. The first-order valence-electron chi connectivity index (χ1n) is 5.57. The number of furan rings is 1. The van der Waals surface area contributed by atoms with E-state index in [1.54, 1.807) is 13.2 Å². The number of carbonyl (C=O) groups is 1. The molecule has 1 aromatic carbocycles. The van der Waals surface area contributed by atoms with Crippen molar-refractivity contribution < 1.29 is 13.9 Å². The molecule has 0 amide bonds. The maximum absolute atomic E-state index is 11.8. The molecular weight excluding hydrogens is 345 g/mol. The highest BCUT2D eigenvalue weighted by Crippen LogP contribution is 2.32. The van der Waals surface area contributed by atoms with Gasteiger partial charge in [0.05, 0.1) is 16.4 Å². The van der Waals surface area contributed by atoms with E-state index in [0.29, 0.717) is 12.3 Å². The number of esters is 1. The van der Waals surface area contributed by atoms with Crippen molar-refractivity contribution in [1.29, 1.82) is 0 Å². The van der Waals surface area contributed by atoms with E-state index in [9.17, 15) is 4.79 Å². The molecule has 3 aromatic rings. The Morgan fingerprint density at radius 1 is 1.44 bits per heavy atom. The van der Waals surface area contributed by atoms with Crippen LogP contribution in [0.4, 0.5) is 0 Å². The molecule has 1 N–H and O–H groups in total. The number of benzene rings is 1. The third kappa shape index (κ3) is 1.61. The van der Waals surface area contributed by atoms with E-state index in [1.807, 2.05) is 18.2 Å². The van der Waals surface area contributed by atoms with Crippen LogP contribution in [0.3, 0.4) is 0 Å².